The van der Waals surface area contributed by atoms with Crippen LogP contribution in [0.15, 0.2) is 0 Å². The topological polar surface area (TPSA) is 17.1 Å². The van der Waals surface area contributed by atoms with E-state index in [-0.39, 0.29) is 6.29 Å². The number of alkyl halides is 4. The molecule has 0 heterocycles. The van der Waals surface area contributed by atoms with E-state index in [0.29, 0.717) is 0 Å². The lowest BCUT2D eigenvalue weighted by molar-refractivity contribution is -0.192. The summed E-state index contributed by atoms with van der Waals surface area (Å²) in [7, 11) is 0. The minimum absolute atomic E-state index is 0.167. The molecule has 0 fully saturated rings. The van der Waals surface area contributed by atoms with Gasteiger partial charge in [0.1, 0.15) is 6.29 Å². The second kappa shape index (κ2) is 2.79. The monoisotopic (exact) mass is 172 g/mol. The minimum Gasteiger partial charge on any atom is -0.303 e. The van der Waals surface area contributed by atoms with E-state index < -0.39 is 17.8 Å². The van der Waals surface area contributed by atoms with Gasteiger partial charge in [0.25, 0.3) is 0 Å². The molecule has 11 heavy (non-hydrogen) atoms. The Kier molecular flexibility index (Phi) is 2.64. The van der Waals surface area contributed by atoms with Gasteiger partial charge in [-0.1, -0.05) is 0 Å². The molecule has 0 aromatic rings. The third-order valence-electron chi connectivity index (χ3n) is 1.43. The van der Waals surface area contributed by atoms with E-state index in [4.69, 9.17) is 0 Å². The molecular formula is C6H8F4O. The van der Waals surface area contributed by atoms with E-state index in [1.54, 1.807) is 0 Å². The zero-order chi connectivity index (χ0) is 9.28. The maximum absolute atomic E-state index is 12.3. The Hall–Kier alpha value is -0.610. The van der Waals surface area contributed by atoms with Crippen LogP contribution < -0.4 is 0 Å². The summed E-state index contributed by atoms with van der Waals surface area (Å²) in [5.41, 5.74) is -2.30. The maximum atomic E-state index is 12.3. The van der Waals surface area contributed by atoms with Crippen LogP contribution in [0, 0.1) is 5.41 Å². The highest BCUT2D eigenvalue weighted by atomic mass is 19.3. The Morgan fingerprint density at radius 1 is 1.27 bits per heavy atom. The normalized spacial score (nSPS) is 13.7. The number of carbonyl (C=O) groups excluding carboxylic acids is 1. The number of carbonyl (C=O) groups is 1. The standard InChI is InChI=1S/C6H8F4O/c1-5(2,3-11)6(9,10)4(7)8/h3-4H,1-2H3. The first-order valence-electron chi connectivity index (χ1n) is 2.88. The second-order valence-electron chi connectivity index (χ2n) is 2.76. The van der Waals surface area contributed by atoms with E-state index in [1.807, 2.05) is 0 Å². The number of halogens is 4. The Bertz CT molecular complexity index is 153. The molecule has 0 atom stereocenters. The molecule has 0 aromatic heterocycles. The van der Waals surface area contributed by atoms with Crippen molar-refractivity contribution in [2.45, 2.75) is 26.2 Å². The molecule has 0 rings (SSSR count). The largest absolute Gasteiger partial charge is 0.318 e. The van der Waals surface area contributed by atoms with E-state index in [9.17, 15) is 22.4 Å². The lowest BCUT2D eigenvalue weighted by Crippen LogP contribution is -2.43. The summed E-state index contributed by atoms with van der Waals surface area (Å²) < 4.78 is 47.9. The minimum atomic E-state index is -4.26. The van der Waals surface area contributed by atoms with Crippen LogP contribution in [0.2, 0.25) is 0 Å². The molecule has 0 saturated heterocycles. The third-order valence-corrected chi connectivity index (χ3v) is 1.43. The van der Waals surface area contributed by atoms with Gasteiger partial charge in [-0.2, -0.15) is 8.78 Å². The summed E-state index contributed by atoms with van der Waals surface area (Å²) in [5, 5.41) is 0. The van der Waals surface area contributed by atoms with Gasteiger partial charge in [0, 0.05) is 0 Å². The molecule has 0 bridgehead atoms. The SMILES string of the molecule is CC(C)(C=O)C(F)(F)C(F)F. The molecule has 5 heteroatoms. The first kappa shape index (κ1) is 10.4. The van der Waals surface area contributed by atoms with Crippen molar-refractivity contribution in [1.29, 1.82) is 0 Å². The Morgan fingerprint density at radius 2 is 1.64 bits per heavy atom. The van der Waals surface area contributed by atoms with Gasteiger partial charge in [-0.25, -0.2) is 8.78 Å². The molecule has 0 aliphatic heterocycles. The molecule has 0 spiro atoms. The predicted octanol–water partition coefficient (Wildman–Crippen LogP) is 2.11. The smallest absolute Gasteiger partial charge is 0.303 e. The zero-order valence-electron chi connectivity index (χ0n) is 6.07. The average molecular weight is 172 g/mol. The summed E-state index contributed by atoms with van der Waals surface area (Å²) in [6, 6.07) is 0. The van der Waals surface area contributed by atoms with Crippen LogP contribution in [-0.2, 0) is 4.79 Å². The van der Waals surface area contributed by atoms with Gasteiger partial charge >= 0.3 is 12.3 Å². The first-order valence-corrected chi connectivity index (χ1v) is 2.88. The number of rotatable bonds is 3. The van der Waals surface area contributed by atoms with Crippen LogP contribution >= 0.6 is 0 Å². The quantitative estimate of drug-likeness (QED) is 0.470. The second-order valence-corrected chi connectivity index (χ2v) is 2.76. The van der Waals surface area contributed by atoms with Crippen molar-refractivity contribution in [3.63, 3.8) is 0 Å². The molecule has 0 aliphatic rings. The lowest BCUT2D eigenvalue weighted by Gasteiger charge is -2.27. The summed E-state index contributed by atoms with van der Waals surface area (Å²) in [4.78, 5) is 9.96. The molecular weight excluding hydrogens is 164 g/mol. The number of hydrogen-bond donors (Lipinski definition) is 0. The van der Waals surface area contributed by atoms with Crippen molar-refractivity contribution in [1.82, 2.24) is 0 Å². The van der Waals surface area contributed by atoms with Crippen molar-refractivity contribution in [2.75, 3.05) is 0 Å². The highest BCUT2D eigenvalue weighted by Gasteiger charge is 2.54. The van der Waals surface area contributed by atoms with Crippen LogP contribution in [0.5, 0.6) is 0 Å². The molecule has 0 unspecified atom stereocenters. The molecule has 0 N–H and O–H groups in total. The van der Waals surface area contributed by atoms with Crippen LogP contribution in [-0.4, -0.2) is 18.6 Å². The molecule has 0 aromatic carbocycles. The summed E-state index contributed by atoms with van der Waals surface area (Å²) in [6.07, 6.45) is -3.97. The Labute approximate surface area is 61.4 Å². The van der Waals surface area contributed by atoms with Gasteiger partial charge in [-0.3, -0.25) is 0 Å². The van der Waals surface area contributed by atoms with Crippen molar-refractivity contribution < 1.29 is 22.4 Å². The van der Waals surface area contributed by atoms with Crippen molar-refractivity contribution >= 4 is 6.29 Å². The van der Waals surface area contributed by atoms with Gasteiger partial charge in [0.2, 0.25) is 0 Å². The van der Waals surface area contributed by atoms with Crippen molar-refractivity contribution in [2.24, 2.45) is 5.41 Å². The molecule has 0 aliphatic carbocycles. The first-order chi connectivity index (χ1) is 4.75. The van der Waals surface area contributed by atoms with E-state index in [2.05, 4.69) is 0 Å². The van der Waals surface area contributed by atoms with E-state index in [0.717, 1.165) is 13.8 Å². The van der Waals surface area contributed by atoms with E-state index >= 15 is 0 Å². The highest BCUT2D eigenvalue weighted by Crippen LogP contribution is 2.39. The van der Waals surface area contributed by atoms with Crippen molar-refractivity contribution in [3.8, 4) is 0 Å². The zero-order valence-corrected chi connectivity index (χ0v) is 6.07. The van der Waals surface area contributed by atoms with Gasteiger partial charge < -0.3 is 4.79 Å². The predicted molar refractivity (Wildman–Crippen MR) is 30.8 cm³/mol. The van der Waals surface area contributed by atoms with Gasteiger partial charge in [-0.15, -0.1) is 0 Å². The van der Waals surface area contributed by atoms with Crippen molar-refractivity contribution in [3.05, 3.63) is 0 Å². The summed E-state index contributed by atoms with van der Waals surface area (Å²) >= 11 is 0. The summed E-state index contributed by atoms with van der Waals surface area (Å²) in [5.74, 6) is -4.26. The molecule has 66 valence electrons. The Morgan fingerprint density at radius 3 is 1.73 bits per heavy atom. The fourth-order valence-corrected chi connectivity index (χ4v) is 0.360. The molecule has 0 radical (unpaired) electrons. The molecule has 0 amide bonds. The fraction of sp³-hybridized carbons (Fsp3) is 0.833. The van der Waals surface area contributed by atoms with Gasteiger partial charge in [-0.05, 0) is 13.8 Å². The lowest BCUT2D eigenvalue weighted by atomic mass is 9.87. The molecule has 0 saturated carbocycles. The van der Waals surface area contributed by atoms with Gasteiger partial charge in [0.05, 0.1) is 5.41 Å². The molecule has 1 nitrogen and oxygen atoms in total. The Balaban J connectivity index is 4.66. The highest BCUT2D eigenvalue weighted by molar-refractivity contribution is 5.60. The number of aldehydes is 1. The fourth-order valence-electron chi connectivity index (χ4n) is 0.360. The third kappa shape index (κ3) is 1.70. The van der Waals surface area contributed by atoms with Crippen LogP contribution in [0.1, 0.15) is 13.8 Å². The summed E-state index contributed by atoms with van der Waals surface area (Å²) in [6.45, 7) is 1.54. The maximum Gasteiger partial charge on any atom is 0.318 e. The van der Waals surface area contributed by atoms with Crippen LogP contribution in [0.4, 0.5) is 17.6 Å². The number of hydrogen-bond acceptors (Lipinski definition) is 1. The van der Waals surface area contributed by atoms with Gasteiger partial charge in [0.15, 0.2) is 0 Å². The average Bonchev–Trinajstić information content (AvgIpc) is 1.87. The van der Waals surface area contributed by atoms with E-state index in [1.165, 1.54) is 0 Å². The van der Waals surface area contributed by atoms with Crippen LogP contribution in [0.3, 0.4) is 0 Å². The van der Waals surface area contributed by atoms with Crippen LogP contribution in [0.25, 0.3) is 0 Å².